The van der Waals surface area contributed by atoms with Crippen LogP contribution in [0.1, 0.15) is 33.7 Å². The van der Waals surface area contributed by atoms with Gasteiger partial charge in [-0.05, 0) is 36.6 Å². The number of nitrogens with one attached hydrogen (secondary N) is 1. The lowest BCUT2D eigenvalue weighted by Crippen LogP contribution is -2.28. The Kier molecular flexibility index (Phi) is 5.03. The smallest absolute Gasteiger partial charge is 0.193 e. The lowest BCUT2D eigenvalue weighted by Gasteiger charge is -2.21. The van der Waals surface area contributed by atoms with E-state index >= 15 is 0 Å². The summed E-state index contributed by atoms with van der Waals surface area (Å²) in [5.41, 5.74) is 5.24. The van der Waals surface area contributed by atoms with Gasteiger partial charge < -0.3 is 14.8 Å². The molecular formula is C23H21ClN2O3. The molecule has 0 aliphatic heterocycles. The highest BCUT2D eigenvalue weighted by molar-refractivity contribution is 6.20. The third kappa shape index (κ3) is 3.16. The van der Waals surface area contributed by atoms with Crippen LogP contribution in [0.15, 0.2) is 48.5 Å². The Hall–Kier alpha value is -2.89. The highest BCUT2D eigenvalue weighted by Gasteiger charge is 2.31. The zero-order chi connectivity index (χ0) is 19.3. The number of aromatic amines is 1. The summed E-state index contributed by atoms with van der Waals surface area (Å²) in [5.74, 6) is 0.594. The number of halogens is 1. The zero-order valence-corrected chi connectivity index (χ0v) is 16.8. The lowest BCUT2D eigenvalue weighted by molar-refractivity contribution is 0.0713. The number of aromatic nitrogens is 2. The number of fused-ring (bicyclic) bond motifs is 5. The largest absolute Gasteiger partial charge is 0.497 e. The van der Waals surface area contributed by atoms with Gasteiger partial charge in [0, 0.05) is 22.7 Å². The molecule has 0 saturated carbocycles. The number of hydrogen-bond donors (Lipinski definition) is 2. The van der Waals surface area contributed by atoms with Crippen molar-refractivity contribution in [3.63, 3.8) is 0 Å². The Labute approximate surface area is 174 Å². The molecule has 5 rings (SSSR count). The minimum absolute atomic E-state index is 0. The number of rotatable bonds is 3. The molecule has 0 amide bonds. The molecule has 2 aromatic heterocycles. The third-order valence-corrected chi connectivity index (χ3v) is 5.54. The highest BCUT2D eigenvalue weighted by Crippen LogP contribution is 2.35. The van der Waals surface area contributed by atoms with Gasteiger partial charge in [-0.2, -0.15) is 0 Å². The van der Waals surface area contributed by atoms with Gasteiger partial charge in [-0.1, -0.05) is 30.3 Å². The number of nitrogens with zero attached hydrogens (tertiary/aromatic N) is 1. The van der Waals surface area contributed by atoms with Gasteiger partial charge in [0.2, 0.25) is 0 Å². The second-order valence-electron chi connectivity index (χ2n) is 7.24. The first-order chi connectivity index (χ1) is 13.7. The fourth-order valence-electron chi connectivity index (χ4n) is 4.12. The van der Waals surface area contributed by atoms with Crippen molar-refractivity contribution in [2.24, 2.45) is 0 Å². The van der Waals surface area contributed by atoms with Crippen molar-refractivity contribution < 1.29 is 14.6 Å². The molecule has 1 unspecified atom stereocenters. The molecule has 2 N–H and O–H groups in total. The topological polar surface area (TPSA) is 75.2 Å². The average molecular weight is 409 g/mol. The van der Waals surface area contributed by atoms with Gasteiger partial charge >= 0.3 is 0 Å². The van der Waals surface area contributed by atoms with Crippen molar-refractivity contribution in [3.8, 4) is 5.75 Å². The number of H-pyrrole nitrogens is 1. The minimum atomic E-state index is -0.946. The van der Waals surface area contributed by atoms with Crippen LogP contribution in [0, 0.1) is 0 Å². The van der Waals surface area contributed by atoms with Crippen molar-refractivity contribution in [1.82, 2.24) is 9.97 Å². The molecule has 1 atom stereocenters. The van der Waals surface area contributed by atoms with E-state index in [1.807, 2.05) is 48.5 Å². The monoisotopic (exact) mass is 408 g/mol. The summed E-state index contributed by atoms with van der Waals surface area (Å²) in [6.07, 6.45) is 0.734. The quantitative estimate of drug-likeness (QED) is 0.532. The summed E-state index contributed by atoms with van der Waals surface area (Å²) < 4.78 is 5.24. The molecule has 5 nitrogen and oxygen atoms in total. The Morgan fingerprint density at radius 2 is 1.93 bits per heavy atom. The number of aliphatic hydroxyl groups excluding tert-OH is 1. The molecule has 2 aromatic carbocycles. The molecule has 1 aliphatic rings. The van der Waals surface area contributed by atoms with Crippen molar-refractivity contribution in [2.45, 2.75) is 25.4 Å². The number of para-hydroxylation sites is 1. The van der Waals surface area contributed by atoms with Gasteiger partial charge in [0.1, 0.15) is 11.9 Å². The maximum absolute atomic E-state index is 12.8. The molecule has 0 spiro atoms. The van der Waals surface area contributed by atoms with Crippen LogP contribution in [-0.4, -0.2) is 34.1 Å². The van der Waals surface area contributed by atoms with Crippen LogP contribution in [0.25, 0.3) is 21.8 Å². The number of Topliss-reactive ketones (excluding diaryl/α,β-unsaturated/α-hetero) is 1. The number of aliphatic hydroxyl groups is 1. The maximum Gasteiger partial charge on any atom is 0.193 e. The fourth-order valence-corrected chi connectivity index (χ4v) is 4.12. The summed E-state index contributed by atoms with van der Waals surface area (Å²) in [4.78, 5) is 21.1. The number of carbonyl (C=O) groups excluding carboxylic acids is 1. The van der Waals surface area contributed by atoms with E-state index in [1.165, 1.54) is 0 Å². The van der Waals surface area contributed by atoms with Crippen LogP contribution >= 0.6 is 12.4 Å². The van der Waals surface area contributed by atoms with E-state index in [4.69, 9.17) is 9.72 Å². The first kappa shape index (κ1) is 19.4. The number of aryl methyl sites for hydroxylation is 1. The van der Waals surface area contributed by atoms with Crippen molar-refractivity contribution in [3.05, 3.63) is 71.0 Å². The van der Waals surface area contributed by atoms with E-state index in [0.29, 0.717) is 24.8 Å². The van der Waals surface area contributed by atoms with Gasteiger partial charge in [0.25, 0.3) is 0 Å². The molecular weight excluding hydrogens is 388 g/mol. The highest BCUT2D eigenvalue weighted by atomic mass is 35.5. The molecule has 0 fully saturated rings. The molecule has 29 heavy (non-hydrogen) atoms. The minimum Gasteiger partial charge on any atom is -0.497 e. The molecule has 4 aromatic rings. The number of ether oxygens (including phenoxy) is 1. The van der Waals surface area contributed by atoms with E-state index in [9.17, 15) is 9.90 Å². The Morgan fingerprint density at radius 3 is 2.69 bits per heavy atom. The van der Waals surface area contributed by atoms with Crippen LogP contribution in [0.4, 0.5) is 0 Å². The van der Waals surface area contributed by atoms with Gasteiger partial charge in [-0.15, -0.1) is 12.4 Å². The van der Waals surface area contributed by atoms with E-state index in [2.05, 4.69) is 4.98 Å². The summed E-state index contributed by atoms with van der Waals surface area (Å²) in [7, 11) is 1.65. The predicted molar refractivity (Wildman–Crippen MR) is 115 cm³/mol. The Morgan fingerprint density at radius 1 is 1.17 bits per heavy atom. The Bertz CT molecular complexity index is 1210. The number of carbonyl (C=O) groups is 1. The summed E-state index contributed by atoms with van der Waals surface area (Å²) >= 11 is 0. The molecule has 0 radical (unpaired) electrons. The fraction of sp³-hybridized carbons (Fsp3) is 0.217. The number of methoxy groups -OCH3 is 1. The van der Waals surface area contributed by atoms with Crippen LogP contribution in [0.5, 0.6) is 5.75 Å². The van der Waals surface area contributed by atoms with E-state index in [0.717, 1.165) is 44.5 Å². The number of benzene rings is 2. The van der Waals surface area contributed by atoms with Gasteiger partial charge in [-0.25, -0.2) is 0 Å². The van der Waals surface area contributed by atoms with Gasteiger partial charge in [0.15, 0.2) is 5.78 Å². The van der Waals surface area contributed by atoms with Crippen molar-refractivity contribution >= 4 is 40.0 Å². The average Bonchev–Trinajstić information content (AvgIpc) is 3.11. The number of pyridine rings is 1. The zero-order valence-electron chi connectivity index (χ0n) is 15.9. The normalized spacial score (nSPS) is 15.9. The van der Waals surface area contributed by atoms with Crippen LogP contribution < -0.4 is 4.74 Å². The SMILES string of the molecule is COc1ccc(Cc2nc3c(c4c2[nH]c2ccccc24)C(=O)C(O)CC3)cc1.Cl. The van der Waals surface area contributed by atoms with Crippen LogP contribution in [-0.2, 0) is 12.8 Å². The first-order valence-electron chi connectivity index (χ1n) is 9.43. The van der Waals surface area contributed by atoms with Gasteiger partial charge in [-0.3, -0.25) is 9.78 Å². The molecule has 6 heteroatoms. The molecule has 2 heterocycles. The summed E-state index contributed by atoms with van der Waals surface area (Å²) in [6, 6.07) is 15.9. The third-order valence-electron chi connectivity index (χ3n) is 5.54. The molecule has 1 aliphatic carbocycles. The van der Waals surface area contributed by atoms with E-state index in [-0.39, 0.29) is 18.2 Å². The van der Waals surface area contributed by atoms with Gasteiger partial charge in [0.05, 0.1) is 29.6 Å². The van der Waals surface area contributed by atoms with Crippen LogP contribution in [0.3, 0.4) is 0 Å². The number of ketones is 1. The number of hydrogen-bond acceptors (Lipinski definition) is 4. The second-order valence-corrected chi connectivity index (χ2v) is 7.24. The van der Waals surface area contributed by atoms with Crippen molar-refractivity contribution in [2.75, 3.05) is 7.11 Å². The molecule has 148 valence electrons. The van der Waals surface area contributed by atoms with E-state index < -0.39 is 6.10 Å². The van der Waals surface area contributed by atoms with Crippen molar-refractivity contribution in [1.29, 1.82) is 0 Å². The predicted octanol–water partition coefficient (Wildman–Crippen LogP) is 4.23. The Balaban J connectivity index is 0.00000205. The first-order valence-corrected chi connectivity index (χ1v) is 9.43. The summed E-state index contributed by atoms with van der Waals surface area (Å²) in [5, 5.41) is 12.0. The molecule has 0 bridgehead atoms. The lowest BCUT2D eigenvalue weighted by atomic mass is 9.88. The van der Waals surface area contributed by atoms with E-state index in [1.54, 1.807) is 7.11 Å². The molecule has 0 saturated heterocycles. The standard InChI is InChI=1S/C23H20N2O3.ClH/c1-28-14-8-6-13(7-9-14)12-18-22-20(15-4-2-3-5-16(15)25-22)21-17(24-18)10-11-19(26)23(21)27;/h2-9,19,25-26H,10-12H2,1H3;1H. The summed E-state index contributed by atoms with van der Waals surface area (Å²) in [6.45, 7) is 0. The second kappa shape index (κ2) is 7.50. The maximum atomic E-state index is 12.8. The van der Waals surface area contributed by atoms with Crippen LogP contribution in [0.2, 0.25) is 0 Å².